The van der Waals surface area contributed by atoms with Gasteiger partial charge in [0.05, 0.1) is 12.0 Å². The molecule has 1 rings (SSSR count). The normalized spacial score (nSPS) is 13.4. The molecule has 0 saturated heterocycles. The Balaban J connectivity index is 2.18. The fourth-order valence-electron chi connectivity index (χ4n) is 5.78. The van der Waals surface area contributed by atoms with E-state index in [1.165, 1.54) is 160 Å². The molecule has 0 amide bonds. The van der Waals surface area contributed by atoms with E-state index in [0.29, 0.717) is 12.0 Å². The Hall–Kier alpha value is -0.790. The third-order valence-corrected chi connectivity index (χ3v) is 8.12. The monoisotopic (exact) mass is 490 g/mol. The lowest BCUT2D eigenvalue weighted by atomic mass is 9.94. The molecule has 0 spiro atoms. The first-order valence-corrected chi connectivity index (χ1v) is 16.3. The van der Waals surface area contributed by atoms with Crippen molar-refractivity contribution in [3.8, 4) is 0 Å². The molecular weight excluding hydrogens is 424 g/mol. The molecule has 0 saturated carbocycles. The molecule has 0 aliphatic carbocycles. The third-order valence-electron chi connectivity index (χ3n) is 8.12. The van der Waals surface area contributed by atoms with Crippen molar-refractivity contribution in [1.82, 2.24) is 4.98 Å². The van der Waals surface area contributed by atoms with E-state index in [9.17, 15) is 0 Å². The highest BCUT2D eigenvalue weighted by molar-refractivity contribution is 4.90. The Morgan fingerprint density at radius 1 is 0.543 bits per heavy atom. The van der Waals surface area contributed by atoms with Crippen LogP contribution in [0.2, 0.25) is 0 Å². The standard InChI is InChI=1S/C33H64N2/c1-5-8-10-12-14-15-16-17-18-19-20-21-23-25-28-32(26-7-3)33-34-29-30-35(33)31(4)27-24-22-13-11-9-6-2/h29-32H,5-28H2,1-4H3/p+1. The van der Waals surface area contributed by atoms with Gasteiger partial charge in [-0.3, -0.25) is 0 Å². The molecule has 2 atom stereocenters. The summed E-state index contributed by atoms with van der Waals surface area (Å²) in [6.07, 6.45) is 38.4. The summed E-state index contributed by atoms with van der Waals surface area (Å²) in [5.41, 5.74) is 0. The highest BCUT2D eigenvalue weighted by Crippen LogP contribution is 2.26. The van der Waals surface area contributed by atoms with Crippen molar-refractivity contribution in [1.29, 1.82) is 0 Å². The number of hydrogen-bond donors (Lipinski definition) is 1. The summed E-state index contributed by atoms with van der Waals surface area (Å²) in [5, 5.41) is 0. The second kappa shape index (κ2) is 23.6. The van der Waals surface area contributed by atoms with E-state index in [2.05, 4.69) is 49.6 Å². The van der Waals surface area contributed by atoms with Gasteiger partial charge in [0.2, 0.25) is 0 Å². The average molecular weight is 490 g/mol. The first kappa shape index (κ1) is 32.2. The van der Waals surface area contributed by atoms with Gasteiger partial charge >= 0.3 is 0 Å². The summed E-state index contributed by atoms with van der Waals surface area (Å²) >= 11 is 0. The van der Waals surface area contributed by atoms with Crippen LogP contribution in [0.25, 0.3) is 0 Å². The van der Waals surface area contributed by atoms with Gasteiger partial charge < -0.3 is 0 Å². The number of H-pyrrole nitrogens is 1. The molecule has 0 fully saturated rings. The fraction of sp³-hybridized carbons (Fsp3) is 0.909. The molecule has 1 heterocycles. The number of imidazole rings is 1. The average Bonchev–Trinajstić information content (AvgIpc) is 3.35. The number of nitrogens with zero attached hydrogens (tertiary/aromatic N) is 1. The summed E-state index contributed by atoms with van der Waals surface area (Å²) in [4.78, 5) is 3.65. The summed E-state index contributed by atoms with van der Waals surface area (Å²) in [5.74, 6) is 2.21. The highest BCUT2D eigenvalue weighted by atomic mass is 15.1. The molecular formula is C33H65N2+. The minimum absolute atomic E-state index is 0.623. The molecule has 0 aliphatic heterocycles. The van der Waals surface area contributed by atoms with Gasteiger partial charge in [-0.05, 0) is 32.6 Å². The maximum Gasteiger partial charge on any atom is 0.257 e. The van der Waals surface area contributed by atoms with Crippen LogP contribution in [-0.2, 0) is 0 Å². The summed E-state index contributed by atoms with van der Waals surface area (Å²) < 4.78 is 2.58. The summed E-state index contributed by atoms with van der Waals surface area (Å²) in [6.45, 7) is 9.39. The molecule has 2 nitrogen and oxygen atoms in total. The van der Waals surface area contributed by atoms with E-state index in [4.69, 9.17) is 0 Å². The minimum Gasteiger partial charge on any atom is -0.247 e. The fourth-order valence-corrected chi connectivity index (χ4v) is 5.78. The van der Waals surface area contributed by atoms with Crippen LogP contribution in [0.3, 0.4) is 0 Å². The Labute approximate surface area is 221 Å². The van der Waals surface area contributed by atoms with E-state index in [1.54, 1.807) is 0 Å². The molecule has 0 aliphatic rings. The lowest BCUT2D eigenvalue weighted by Gasteiger charge is -2.16. The number of unbranched alkanes of at least 4 members (excludes halogenated alkanes) is 18. The number of nitrogens with one attached hydrogen (secondary N) is 1. The van der Waals surface area contributed by atoms with Crippen LogP contribution in [0.15, 0.2) is 12.4 Å². The first-order valence-electron chi connectivity index (χ1n) is 16.3. The number of aromatic nitrogens is 2. The van der Waals surface area contributed by atoms with E-state index in [0.717, 1.165) is 0 Å². The molecule has 0 aromatic carbocycles. The van der Waals surface area contributed by atoms with E-state index in [-0.39, 0.29) is 0 Å². The SMILES string of the molecule is CCCCCCCCCCCCCCCCC(CCC)c1[nH]cc[n+]1C(C)CCCCCCCC. The topological polar surface area (TPSA) is 19.7 Å². The van der Waals surface area contributed by atoms with Crippen molar-refractivity contribution in [2.45, 2.75) is 194 Å². The molecule has 1 N–H and O–H groups in total. The van der Waals surface area contributed by atoms with Crippen molar-refractivity contribution in [3.05, 3.63) is 18.2 Å². The Kier molecular flexibility index (Phi) is 21.7. The van der Waals surface area contributed by atoms with Crippen molar-refractivity contribution in [2.75, 3.05) is 0 Å². The zero-order valence-electron chi connectivity index (χ0n) is 24.7. The third kappa shape index (κ3) is 16.6. The van der Waals surface area contributed by atoms with Crippen molar-refractivity contribution < 1.29 is 4.57 Å². The van der Waals surface area contributed by atoms with Crippen LogP contribution in [0.5, 0.6) is 0 Å². The Morgan fingerprint density at radius 3 is 1.43 bits per heavy atom. The van der Waals surface area contributed by atoms with Gasteiger partial charge in [-0.25, -0.2) is 9.55 Å². The second-order valence-corrected chi connectivity index (χ2v) is 11.5. The predicted molar refractivity (Wildman–Crippen MR) is 156 cm³/mol. The quantitative estimate of drug-likeness (QED) is 0.0985. The van der Waals surface area contributed by atoms with Gasteiger partial charge in [-0.15, -0.1) is 0 Å². The Morgan fingerprint density at radius 2 is 0.971 bits per heavy atom. The van der Waals surface area contributed by atoms with Crippen LogP contribution in [0, 0.1) is 0 Å². The van der Waals surface area contributed by atoms with Crippen LogP contribution in [0.1, 0.15) is 200 Å². The van der Waals surface area contributed by atoms with Gasteiger partial charge in [0.25, 0.3) is 5.82 Å². The molecule has 2 unspecified atom stereocenters. The van der Waals surface area contributed by atoms with Crippen LogP contribution in [-0.4, -0.2) is 4.98 Å². The van der Waals surface area contributed by atoms with Gasteiger partial charge in [0, 0.05) is 0 Å². The lowest BCUT2D eigenvalue weighted by molar-refractivity contribution is -0.727. The minimum atomic E-state index is 0.623. The molecule has 0 radical (unpaired) electrons. The Bertz CT molecular complexity index is 549. The van der Waals surface area contributed by atoms with Crippen LogP contribution >= 0.6 is 0 Å². The van der Waals surface area contributed by atoms with Crippen LogP contribution < -0.4 is 4.57 Å². The highest BCUT2D eigenvalue weighted by Gasteiger charge is 2.24. The van der Waals surface area contributed by atoms with Gasteiger partial charge in [-0.1, -0.05) is 149 Å². The molecule has 1 aromatic rings. The lowest BCUT2D eigenvalue weighted by Crippen LogP contribution is -2.41. The van der Waals surface area contributed by atoms with Gasteiger partial charge in [0.1, 0.15) is 12.4 Å². The zero-order valence-corrected chi connectivity index (χ0v) is 24.7. The van der Waals surface area contributed by atoms with Crippen molar-refractivity contribution >= 4 is 0 Å². The van der Waals surface area contributed by atoms with Crippen molar-refractivity contribution in [2.24, 2.45) is 0 Å². The largest absolute Gasteiger partial charge is 0.257 e. The molecule has 2 heteroatoms. The number of hydrogen-bond acceptors (Lipinski definition) is 0. The molecule has 1 aromatic heterocycles. The van der Waals surface area contributed by atoms with Crippen molar-refractivity contribution in [3.63, 3.8) is 0 Å². The maximum atomic E-state index is 3.65. The predicted octanol–water partition coefficient (Wildman–Crippen LogP) is 11.4. The molecule has 0 bridgehead atoms. The van der Waals surface area contributed by atoms with E-state index < -0.39 is 0 Å². The second-order valence-electron chi connectivity index (χ2n) is 11.5. The first-order chi connectivity index (χ1) is 17.2. The van der Waals surface area contributed by atoms with E-state index in [1.807, 2.05) is 0 Å². The molecule has 206 valence electrons. The van der Waals surface area contributed by atoms with Gasteiger partial charge in [-0.2, -0.15) is 0 Å². The summed E-state index contributed by atoms with van der Waals surface area (Å²) in [6, 6.07) is 0.623. The van der Waals surface area contributed by atoms with Crippen LogP contribution in [0.4, 0.5) is 0 Å². The zero-order chi connectivity index (χ0) is 25.4. The number of rotatable bonds is 26. The smallest absolute Gasteiger partial charge is 0.247 e. The summed E-state index contributed by atoms with van der Waals surface area (Å²) in [7, 11) is 0. The number of aromatic amines is 1. The van der Waals surface area contributed by atoms with E-state index >= 15 is 0 Å². The van der Waals surface area contributed by atoms with Gasteiger partial charge in [0.15, 0.2) is 0 Å². The maximum absolute atomic E-state index is 3.65. The molecule has 35 heavy (non-hydrogen) atoms.